The molecule has 1 aliphatic heterocycles. The molecule has 0 amide bonds. The van der Waals surface area contributed by atoms with Gasteiger partial charge in [0.15, 0.2) is 0 Å². The van der Waals surface area contributed by atoms with Crippen molar-refractivity contribution in [1.82, 2.24) is 0 Å². The average Bonchev–Trinajstić information content (AvgIpc) is 2.23. The maximum absolute atomic E-state index is 13.5. The first-order valence-electron chi connectivity index (χ1n) is 4.93. The minimum absolute atomic E-state index is 0.0158. The Kier molecular flexibility index (Phi) is 3.27. The lowest BCUT2D eigenvalue weighted by Gasteiger charge is -2.21. The number of hydrogen-bond donors (Lipinski definition) is 0. The van der Waals surface area contributed by atoms with Gasteiger partial charge in [-0.05, 0) is 12.8 Å². The highest BCUT2D eigenvalue weighted by Crippen LogP contribution is 2.34. The number of fused-ring (bicyclic) bond motifs is 1. The van der Waals surface area contributed by atoms with E-state index in [2.05, 4.69) is 0 Å². The SMILES string of the molecule is O=S(=O)(Cl)Cc1c(F)cc(F)c2c1OCCC2. The van der Waals surface area contributed by atoms with Crippen LogP contribution < -0.4 is 4.74 Å². The van der Waals surface area contributed by atoms with Gasteiger partial charge in [-0.15, -0.1) is 0 Å². The zero-order valence-corrected chi connectivity index (χ0v) is 10.2. The van der Waals surface area contributed by atoms with Gasteiger partial charge >= 0.3 is 0 Å². The normalized spacial score (nSPS) is 15.2. The molecule has 0 radical (unpaired) electrons. The number of ether oxygens (including phenoxy) is 1. The van der Waals surface area contributed by atoms with Crippen LogP contribution in [0.4, 0.5) is 8.78 Å². The van der Waals surface area contributed by atoms with Gasteiger partial charge in [0.05, 0.1) is 12.4 Å². The molecule has 0 N–H and O–H groups in total. The van der Waals surface area contributed by atoms with Crippen LogP contribution in [0.15, 0.2) is 6.07 Å². The van der Waals surface area contributed by atoms with Gasteiger partial charge in [-0.2, -0.15) is 0 Å². The summed E-state index contributed by atoms with van der Waals surface area (Å²) in [7, 11) is 1.16. The molecule has 0 saturated heterocycles. The maximum Gasteiger partial charge on any atom is 0.237 e. The van der Waals surface area contributed by atoms with Gasteiger partial charge in [-0.1, -0.05) is 0 Å². The van der Waals surface area contributed by atoms with Crippen molar-refractivity contribution in [1.29, 1.82) is 0 Å². The van der Waals surface area contributed by atoms with Crippen molar-refractivity contribution in [3.05, 3.63) is 28.8 Å². The van der Waals surface area contributed by atoms with Crippen LogP contribution in [-0.2, 0) is 21.2 Å². The third kappa shape index (κ3) is 2.69. The van der Waals surface area contributed by atoms with Gasteiger partial charge in [0.1, 0.15) is 17.4 Å². The minimum atomic E-state index is -3.92. The van der Waals surface area contributed by atoms with Crippen LogP contribution in [0.1, 0.15) is 17.5 Å². The van der Waals surface area contributed by atoms with Gasteiger partial charge in [-0.25, -0.2) is 17.2 Å². The van der Waals surface area contributed by atoms with Gasteiger partial charge < -0.3 is 4.74 Å². The third-order valence-electron chi connectivity index (χ3n) is 2.51. The van der Waals surface area contributed by atoms with E-state index >= 15 is 0 Å². The van der Waals surface area contributed by atoms with E-state index in [0.717, 1.165) is 0 Å². The van der Waals surface area contributed by atoms with Crippen LogP contribution in [0.5, 0.6) is 5.75 Å². The van der Waals surface area contributed by atoms with E-state index in [1.165, 1.54) is 0 Å². The summed E-state index contributed by atoms with van der Waals surface area (Å²) in [6.07, 6.45) is 1.01. The van der Waals surface area contributed by atoms with E-state index < -0.39 is 26.4 Å². The molecular weight excluding hydrogens is 274 g/mol. The molecule has 7 heteroatoms. The summed E-state index contributed by atoms with van der Waals surface area (Å²) in [6, 6.07) is 0.672. The lowest BCUT2D eigenvalue weighted by Crippen LogP contribution is -2.14. The zero-order chi connectivity index (χ0) is 12.6. The lowest BCUT2D eigenvalue weighted by atomic mass is 10.0. The highest BCUT2D eigenvalue weighted by atomic mass is 35.7. The van der Waals surface area contributed by atoms with Crippen LogP contribution in [-0.4, -0.2) is 15.0 Å². The molecule has 0 spiro atoms. The largest absolute Gasteiger partial charge is 0.493 e. The molecule has 1 aromatic rings. The zero-order valence-electron chi connectivity index (χ0n) is 8.67. The first-order valence-corrected chi connectivity index (χ1v) is 7.41. The Bertz CT molecular complexity index is 557. The molecule has 0 saturated carbocycles. The highest BCUT2D eigenvalue weighted by molar-refractivity contribution is 8.13. The standard InChI is InChI=1S/C10H9ClF2O3S/c11-17(14,15)5-7-9(13)4-8(12)6-2-1-3-16-10(6)7/h4H,1-3,5H2. The van der Waals surface area contributed by atoms with Crippen molar-refractivity contribution < 1.29 is 21.9 Å². The van der Waals surface area contributed by atoms with Crippen LogP contribution in [0.2, 0.25) is 0 Å². The molecule has 0 fully saturated rings. The number of rotatable bonds is 2. The van der Waals surface area contributed by atoms with E-state index in [4.69, 9.17) is 15.4 Å². The molecule has 1 aromatic carbocycles. The Labute approximate surface area is 102 Å². The number of benzene rings is 1. The summed E-state index contributed by atoms with van der Waals surface area (Å²) in [5.74, 6) is -2.39. The summed E-state index contributed by atoms with van der Waals surface area (Å²) < 4.78 is 54.1. The van der Waals surface area contributed by atoms with Crippen molar-refractivity contribution in [3.63, 3.8) is 0 Å². The Hall–Kier alpha value is -0.880. The first kappa shape index (κ1) is 12.6. The monoisotopic (exact) mass is 282 g/mol. The van der Waals surface area contributed by atoms with Crippen molar-refractivity contribution in [3.8, 4) is 5.75 Å². The predicted molar refractivity (Wildman–Crippen MR) is 58.7 cm³/mol. The molecular formula is C10H9ClF2O3S. The number of hydrogen-bond acceptors (Lipinski definition) is 3. The Morgan fingerprint density at radius 1 is 1.35 bits per heavy atom. The fourth-order valence-corrected chi connectivity index (χ4v) is 2.76. The second-order valence-electron chi connectivity index (χ2n) is 3.76. The van der Waals surface area contributed by atoms with Gasteiger partial charge in [-0.3, -0.25) is 0 Å². The summed E-state index contributed by atoms with van der Waals surface area (Å²) in [4.78, 5) is 0. The first-order chi connectivity index (χ1) is 7.88. The van der Waals surface area contributed by atoms with Gasteiger partial charge in [0.2, 0.25) is 9.05 Å². The molecule has 0 bridgehead atoms. The second kappa shape index (κ2) is 4.42. The molecule has 1 heterocycles. The summed E-state index contributed by atoms with van der Waals surface area (Å²) in [6.45, 7) is 0.311. The average molecular weight is 283 g/mol. The van der Waals surface area contributed by atoms with E-state index in [-0.39, 0.29) is 16.9 Å². The van der Waals surface area contributed by atoms with Crippen molar-refractivity contribution in [2.24, 2.45) is 0 Å². The summed E-state index contributed by atoms with van der Waals surface area (Å²) in [5, 5.41) is 0. The molecule has 0 aromatic heterocycles. The van der Waals surface area contributed by atoms with E-state index in [9.17, 15) is 17.2 Å². The van der Waals surface area contributed by atoms with Crippen molar-refractivity contribution in [2.75, 3.05) is 6.61 Å². The molecule has 17 heavy (non-hydrogen) atoms. The van der Waals surface area contributed by atoms with E-state index in [0.29, 0.717) is 25.5 Å². The maximum atomic E-state index is 13.5. The quantitative estimate of drug-likeness (QED) is 0.782. The smallest absolute Gasteiger partial charge is 0.237 e. The van der Waals surface area contributed by atoms with Crippen molar-refractivity contribution in [2.45, 2.75) is 18.6 Å². The van der Waals surface area contributed by atoms with Crippen LogP contribution in [0.25, 0.3) is 0 Å². The van der Waals surface area contributed by atoms with Crippen LogP contribution in [0, 0.1) is 11.6 Å². The molecule has 2 rings (SSSR count). The Morgan fingerprint density at radius 2 is 2.06 bits per heavy atom. The topological polar surface area (TPSA) is 43.4 Å². The fraction of sp³-hybridized carbons (Fsp3) is 0.400. The Balaban J connectivity index is 2.58. The molecule has 1 aliphatic rings. The molecule has 94 valence electrons. The minimum Gasteiger partial charge on any atom is -0.493 e. The molecule has 3 nitrogen and oxygen atoms in total. The van der Waals surface area contributed by atoms with Crippen LogP contribution >= 0.6 is 10.7 Å². The second-order valence-corrected chi connectivity index (χ2v) is 6.54. The van der Waals surface area contributed by atoms with Gasteiger partial charge in [0.25, 0.3) is 0 Å². The molecule has 0 atom stereocenters. The Morgan fingerprint density at radius 3 is 2.71 bits per heavy atom. The highest BCUT2D eigenvalue weighted by Gasteiger charge is 2.25. The summed E-state index contributed by atoms with van der Waals surface area (Å²) >= 11 is 0. The van der Waals surface area contributed by atoms with Crippen molar-refractivity contribution >= 4 is 19.7 Å². The van der Waals surface area contributed by atoms with Gasteiger partial charge in [0, 0.05) is 27.9 Å². The van der Waals surface area contributed by atoms with E-state index in [1.54, 1.807) is 0 Å². The summed E-state index contributed by atoms with van der Waals surface area (Å²) in [5.41, 5.74) is 0.0177. The number of halogens is 3. The molecule has 0 aliphatic carbocycles. The van der Waals surface area contributed by atoms with E-state index in [1.807, 2.05) is 0 Å². The fourth-order valence-electron chi connectivity index (χ4n) is 1.82. The predicted octanol–water partition coefficient (Wildman–Crippen LogP) is 2.36. The third-order valence-corrected chi connectivity index (χ3v) is 3.47. The molecule has 0 unspecified atom stereocenters. The lowest BCUT2D eigenvalue weighted by molar-refractivity contribution is 0.279. The van der Waals surface area contributed by atoms with Crippen LogP contribution in [0.3, 0.4) is 0 Å².